The highest BCUT2D eigenvalue weighted by molar-refractivity contribution is 5.92. The van der Waals surface area contributed by atoms with Gasteiger partial charge in [0.25, 0.3) is 0 Å². The summed E-state index contributed by atoms with van der Waals surface area (Å²) in [5.74, 6) is -0.831. The standard InChI is InChI=1S/C8H12N2O3/c1-2-7(11)10-3-4-13-5-6(10)8(9)12/h2,6H,1,3-5H2,(H2,9,12). The number of rotatable bonds is 2. The molecule has 2 N–H and O–H groups in total. The van der Waals surface area contributed by atoms with Crippen molar-refractivity contribution in [1.82, 2.24) is 4.90 Å². The first-order chi connectivity index (χ1) is 6.16. The van der Waals surface area contributed by atoms with Crippen LogP contribution in [0.5, 0.6) is 0 Å². The van der Waals surface area contributed by atoms with Gasteiger partial charge in [-0.3, -0.25) is 9.59 Å². The van der Waals surface area contributed by atoms with Gasteiger partial charge in [0, 0.05) is 6.54 Å². The molecule has 5 nitrogen and oxygen atoms in total. The molecule has 0 aromatic rings. The number of hydrogen-bond donors (Lipinski definition) is 1. The van der Waals surface area contributed by atoms with E-state index in [1.807, 2.05) is 0 Å². The highest BCUT2D eigenvalue weighted by Gasteiger charge is 2.29. The molecule has 0 aliphatic carbocycles. The van der Waals surface area contributed by atoms with Gasteiger partial charge in [-0.05, 0) is 6.08 Å². The molecule has 0 saturated carbocycles. The molecule has 1 heterocycles. The van der Waals surface area contributed by atoms with E-state index in [-0.39, 0.29) is 12.5 Å². The maximum Gasteiger partial charge on any atom is 0.246 e. The number of primary amides is 1. The predicted octanol–water partition coefficient (Wildman–Crippen LogP) is -1.11. The number of nitrogens with zero attached hydrogens (tertiary/aromatic N) is 1. The Morgan fingerprint density at radius 1 is 1.62 bits per heavy atom. The fourth-order valence-corrected chi connectivity index (χ4v) is 1.22. The number of morpholine rings is 1. The van der Waals surface area contributed by atoms with Gasteiger partial charge in [0.2, 0.25) is 11.8 Å². The topological polar surface area (TPSA) is 72.6 Å². The number of carbonyl (C=O) groups is 2. The first kappa shape index (κ1) is 9.73. The normalized spacial score (nSPS) is 22.5. The highest BCUT2D eigenvalue weighted by atomic mass is 16.5. The fourth-order valence-electron chi connectivity index (χ4n) is 1.22. The zero-order chi connectivity index (χ0) is 9.84. The minimum atomic E-state index is -0.653. The molecule has 0 radical (unpaired) electrons. The predicted molar refractivity (Wildman–Crippen MR) is 45.7 cm³/mol. The SMILES string of the molecule is C=CC(=O)N1CCOCC1C(N)=O. The first-order valence-corrected chi connectivity index (χ1v) is 3.97. The monoisotopic (exact) mass is 184 g/mol. The number of amides is 2. The van der Waals surface area contributed by atoms with Crippen LogP contribution in [-0.2, 0) is 14.3 Å². The van der Waals surface area contributed by atoms with Crippen molar-refractivity contribution in [2.24, 2.45) is 5.73 Å². The Balaban J connectivity index is 2.72. The lowest BCUT2D eigenvalue weighted by Gasteiger charge is -2.32. The van der Waals surface area contributed by atoms with E-state index < -0.39 is 11.9 Å². The van der Waals surface area contributed by atoms with E-state index in [9.17, 15) is 9.59 Å². The Bertz CT molecular complexity index is 240. The minimum Gasteiger partial charge on any atom is -0.377 e. The summed E-state index contributed by atoms with van der Waals surface area (Å²) in [5.41, 5.74) is 5.10. The molecule has 1 rings (SSSR count). The lowest BCUT2D eigenvalue weighted by Crippen LogP contribution is -2.54. The van der Waals surface area contributed by atoms with Crippen LogP contribution in [0.3, 0.4) is 0 Å². The Hall–Kier alpha value is -1.36. The summed E-state index contributed by atoms with van der Waals surface area (Å²) in [5, 5.41) is 0. The summed E-state index contributed by atoms with van der Waals surface area (Å²) in [4.78, 5) is 23.5. The van der Waals surface area contributed by atoms with Gasteiger partial charge in [0.15, 0.2) is 0 Å². The zero-order valence-corrected chi connectivity index (χ0v) is 7.23. The molecule has 1 aliphatic rings. The lowest BCUT2D eigenvalue weighted by atomic mass is 10.2. The number of hydrogen-bond acceptors (Lipinski definition) is 3. The average molecular weight is 184 g/mol. The Morgan fingerprint density at radius 3 is 2.85 bits per heavy atom. The van der Waals surface area contributed by atoms with Gasteiger partial charge in [-0.1, -0.05) is 6.58 Å². The molecule has 0 bridgehead atoms. The van der Waals surface area contributed by atoms with Gasteiger partial charge < -0.3 is 15.4 Å². The van der Waals surface area contributed by atoms with Crippen molar-refractivity contribution in [2.75, 3.05) is 19.8 Å². The van der Waals surface area contributed by atoms with Crippen molar-refractivity contribution in [2.45, 2.75) is 6.04 Å². The second kappa shape index (κ2) is 4.04. The van der Waals surface area contributed by atoms with Crippen LogP contribution in [-0.4, -0.2) is 42.5 Å². The Labute approximate surface area is 76.1 Å². The molecule has 0 aromatic carbocycles. The van der Waals surface area contributed by atoms with Gasteiger partial charge in [-0.15, -0.1) is 0 Å². The molecule has 1 fully saturated rings. The minimum absolute atomic E-state index is 0.176. The van der Waals surface area contributed by atoms with E-state index in [1.165, 1.54) is 11.0 Å². The van der Waals surface area contributed by atoms with Crippen LogP contribution < -0.4 is 5.73 Å². The van der Waals surface area contributed by atoms with E-state index in [1.54, 1.807) is 0 Å². The van der Waals surface area contributed by atoms with Crippen LogP contribution in [0.1, 0.15) is 0 Å². The van der Waals surface area contributed by atoms with Crippen LogP contribution in [0.4, 0.5) is 0 Å². The average Bonchev–Trinajstić information content (AvgIpc) is 2.16. The van der Waals surface area contributed by atoms with Gasteiger partial charge in [-0.25, -0.2) is 0 Å². The molecule has 0 spiro atoms. The highest BCUT2D eigenvalue weighted by Crippen LogP contribution is 2.06. The molecule has 0 aromatic heterocycles. The summed E-state index contributed by atoms with van der Waals surface area (Å²) in [6, 6.07) is -0.653. The van der Waals surface area contributed by atoms with Crippen molar-refractivity contribution in [1.29, 1.82) is 0 Å². The molecule has 72 valence electrons. The largest absolute Gasteiger partial charge is 0.377 e. The molecule has 13 heavy (non-hydrogen) atoms. The van der Waals surface area contributed by atoms with Crippen LogP contribution in [0.2, 0.25) is 0 Å². The van der Waals surface area contributed by atoms with Crippen molar-refractivity contribution >= 4 is 11.8 Å². The fraction of sp³-hybridized carbons (Fsp3) is 0.500. The van der Waals surface area contributed by atoms with Crippen molar-refractivity contribution < 1.29 is 14.3 Å². The number of carbonyl (C=O) groups excluding carboxylic acids is 2. The van der Waals surface area contributed by atoms with E-state index in [4.69, 9.17) is 10.5 Å². The second-order valence-corrected chi connectivity index (χ2v) is 2.73. The van der Waals surface area contributed by atoms with Crippen LogP contribution in [0, 0.1) is 0 Å². The smallest absolute Gasteiger partial charge is 0.246 e. The zero-order valence-electron chi connectivity index (χ0n) is 7.23. The third-order valence-corrected chi connectivity index (χ3v) is 1.91. The summed E-state index contributed by atoms with van der Waals surface area (Å²) < 4.78 is 5.04. The molecule has 2 amide bonds. The summed E-state index contributed by atoms with van der Waals surface area (Å²) in [6.45, 7) is 4.34. The van der Waals surface area contributed by atoms with Crippen molar-refractivity contribution in [3.63, 3.8) is 0 Å². The third kappa shape index (κ3) is 2.06. The molecule has 1 saturated heterocycles. The summed E-state index contributed by atoms with van der Waals surface area (Å²) in [6.07, 6.45) is 1.17. The molecular formula is C8H12N2O3. The van der Waals surface area contributed by atoms with Gasteiger partial charge in [0.1, 0.15) is 6.04 Å². The quantitative estimate of drug-likeness (QED) is 0.553. The summed E-state index contributed by atoms with van der Waals surface area (Å²) in [7, 11) is 0. The number of nitrogens with two attached hydrogens (primary N) is 1. The van der Waals surface area contributed by atoms with Crippen LogP contribution in [0.25, 0.3) is 0 Å². The van der Waals surface area contributed by atoms with Crippen molar-refractivity contribution in [3.8, 4) is 0 Å². The van der Waals surface area contributed by atoms with Crippen LogP contribution in [0.15, 0.2) is 12.7 Å². The number of ether oxygens (including phenoxy) is 1. The van der Waals surface area contributed by atoms with Gasteiger partial charge in [-0.2, -0.15) is 0 Å². The summed E-state index contributed by atoms with van der Waals surface area (Å²) >= 11 is 0. The maximum atomic E-state index is 11.2. The Morgan fingerprint density at radius 2 is 2.31 bits per heavy atom. The lowest BCUT2D eigenvalue weighted by molar-refractivity contribution is -0.143. The maximum absolute atomic E-state index is 11.2. The molecule has 5 heteroatoms. The molecular weight excluding hydrogens is 172 g/mol. The second-order valence-electron chi connectivity index (χ2n) is 2.73. The first-order valence-electron chi connectivity index (χ1n) is 3.97. The molecule has 1 atom stereocenters. The van der Waals surface area contributed by atoms with E-state index in [2.05, 4.69) is 6.58 Å². The molecule has 1 unspecified atom stereocenters. The van der Waals surface area contributed by atoms with E-state index >= 15 is 0 Å². The van der Waals surface area contributed by atoms with E-state index in [0.29, 0.717) is 13.2 Å². The van der Waals surface area contributed by atoms with Gasteiger partial charge in [0.05, 0.1) is 13.2 Å². The molecule has 1 aliphatic heterocycles. The van der Waals surface area contributed by atoms with Crippen molar-refractivity contribution in [3.05, 3.63) is 12.7 Å². The van der Waals surface area contributed by atoms with Crippen LogP contribution >= 0.6 is 0 Å². The Kier molecular flexibility index (Phi) is 3.02. The third-order valence-electron chi connectivity index (χ3n) is 1.91. The van der Waals surface area contributed by atoms with E-state index in [0.717, 1.165) is 0 Å². The van der Waals surface area contributed by atoms with Gasteiger partial charge >= 0.3 is 0 Å².